The van der Waals surface area contributed by atoms with Gasteiger partial charge in [0.1, 0.15) is 11.8 Å². The molecular weight excluding hydrogens is 366 g/mol. The number of amides is 2. The summed E-state index contributed by atoms with van der Waals surface area (Å²) < 4.78 is 0. The molecule has 0 aromatic heterocycles. The summed E-state index contributed by atoms with van der Waals surface area (Å²) in [6.07, 6.45) is 0.816. The molecule has 0 saturated carbocycles. The zero-order valence-corrected chi connectivity index (χ0v) is 16.5. The van der Waals surface area contributed by atoms with Gasteiger partial charge in [-0.3, -0.25) is 9.59 Å². The van der Waals surface area contributed by atoms with E-state index in [4.69, 9.17) is 0 Å². The van der Waals surface area contributed by atoms with Crippen LogP contribution in [0, 0.1) is 11.3 Å². The second-order valence-electron chi connectivity index (χ2n) is 7.26. The van der Waals surface area contributed by atoms with Crippen LogP contribution in [0.15, 0.2) is 60.2 Å². The van der Waals surface area contributed by atoms with E-state index >= 15 is 0 Å². The fourth-order valence-corrected chi connectivity index (χ4v) is 3.48. The highest BCUT2D eigenvalue weighted by atomic mass is 16.3. The van der Waals surface area contributed by atoms with Crippen LogP contribution in [0.1, 0.15) is 33.8 Å². The van der Waals surface area contributed by atoms with E-state index in [0.717, 1.165) is 12.0 Å². The van der Waals surface area contributed by atoms with E-state index in [-0.39, 0.29) is 23.2 Å². The number of hydrogen-bond acceptors (Lipinski definition) is 4. The lowest BCUT2D eigenvalue weighted by atomic mass is 9.99. The third-order valence-electron chi connectivity index (χ3n) is 5.12. The predicted molar refractivity (Wildman–Crippen MR) is 110 cm³/mol. The molecule has 0 spiro atoms. The van der Waals surface area contributed by atoms with Crippen LogP contribution in [0.2, 0.25) is 0 Å². The Kier molecular flexibility index (Phi) is 5.99. The van der Waals surface area contributed by atoms with Crippen molar-refractivity contribution >= 4 is 17.6 Å². The molecule has 6 nitrogen and oxygen atoms in total. The van der Waals surface area contributed by atoms with Crippen molar-refractivity contribution in [3.05, 3.63) is 76.9 Å². The zero-order valence-electron chi connectivity index (χ0n) is 16.5. The number of rotatable bonds is 4. The first-order valence-corrected chi connectivity index (χ1v) is 9.42. The molecule has 2 aromatic rings. The highest BCUT2D eigenvalue weighted by Gasteiger charge is 2.30. The maximum absolute atomic E-state index is 12.9. The summed E-state index contributed by atoms with van der Waals surface area (Å²) in [5.74, 6) is -0.791. The van der Waals surface area contributed by atoms with Crippen LogP contribution in [0.25, 0.3) is 5.76 Å². The average Bonchev–Trinajstić information content (AvgIpc) is 3.24. The van der Waals surface area contributed by atoms with Crippen molar-refractivity contribution in [2.45, 2.75) is 12.3 Å². The summed E-state index contributed by atoms with van der Waals surface area (Å²) in [5, 5.41) is 20.1. The average molecular weight is 389 g/mol. The molecule has 3 rings (SSSR count). The largest absolute Gasteiger partial charge is 0.506 e. The van der Waals surface area contributed by atoms with Gasteiger partial charge in [-0.15, -0.1) is 0 Å². The maximum atomic E-state index is 12.9. The summed E-state index contributed by atoms with van der Waals surface area (Å²) >= 11 is 0. The van der Waals surface area contributed by atoms with E-state index in [9.17, 15) is 20.0 Å². The number of nitrogens with zero attached hydrogens (tertiary/aromatic N) is 3. The molecule has 0 aliphatic carbocycles. The van der Waals surface area contributed by atoms with Crippen molar-refractivity contribution in [1.29, 1.82) is 5.26 Å². The lowest BCUT2D eigenvalue weighted by Gasteiger charge is -2.17. The van der Waals surface area contributed by atoms with Gasteiger partial charge in [-0.05, 0) is 24.1 Å². The Bertz CT molecular complexity index is 973. The van der Waals surface area contributed by atoms with Gasteiger partial charge >= 0.3 is 0 Å². The lowest BCUT2D eigenvalue weighted by molar-refractivity contribution is -0.125. The fourth-order valence-electron chi connectivity index (χ4n) is 3.48. The number of nitriles is 1. The normalized spacial score (nSPS) is 16.7. The number of benzene rings is 2. The van der Waals surface area contributed by atoms with Crippen LogP contribution in [0.5, 0.6) is 0 Å². The van der Waals surface area contributed by atoms with Gasteiger partial charge in [-0.25, -0.2) is 0 Å². The van der Waals surface area contributed by atoms with Gasteiger partial charge in [0.05, 0.1) is 0 Å². The first-order chi connectivity index (χ1) is 13.9. The lowest BCUT2D eigenvalue weighted by Crippen LogP contribution is -2.30. The molecule has 148 valence electrons. The Hall–Kier alpha value is -3.59. The number of aliphatic hydroxyl groups is 1. The van der Waals surface area contributed by atoms with Crippen molar-refractivity contribution in [2.75, 3.05) is 27.2 Å². The molecule has 0 radical (unpaired) electrons. The number of carbonyl (C=O) groups excluding carboxylic acids is 2. The van der Waals surface area contributed by atoms with Crippen LogP contribution >= 0.6 is 0 Å². The standard InChI is InChI=1S/C23H23N3O3/c1-25(2)22(28)18-10-8-17(9-11-18)21(27)20(14-24)23(29)26-13-12-19(15-26)16-6-4-3-5-7-16/h3-11,19,27H,12-13,15H2,1-2H3/b21-20+. The summed E-state index contributed by atoms with van der Waals surface area (Å²) in [4.78, 5) is 27.9. The van der Waals surface area contributed by atoms with E-state index in [1.54, 1.807) is 31.1 Å². The molecule has 29 heavy (non-hydrogen) atoms. The molecule has 1 N–H and O–H groups in total. The second-order valence-corrected chi connectivity index (χ2v) is 7.26. The number of hydrogen-bond donors (Lipinski definition) is 1. The predicted octanol–water partition coefficient (Wildman–Crippen LogP) is 3.20. The highest BCUT2D eigenvalue weighted by molar-refractivity contribution is 6.03. The number of aliphatic hydroxyl groups excluding tert-OH is 1. The molecule has 2 aromatic carbocycles. The molecule has 1 aliphatic heterocycles. The highest BCUT2D eigenvalue weighted by Crippen LogP contribution is 2.29. The summed E-state index contributed by atoms with van der Waals surface area (Å²) in [7, 11) is 3.30. The molecule has 1 fully saturated rings. The summed E-state index contributed by atoms with van der Waals surface area (Å²) in [6.45, 7) is 1.05. The van der Waals surface area contributed by atoms with Gasteiger partial charge in [0.15, 0.2) is 5.57 Å². The summed E-state index contributed by atoms with van der Waals surface area (Å²) in [6, 6.07) is 18.0. The molecule has 2 amide bonds. The van der Waals surface area contributed by atoms with E-state index < -0.39 is 5.91 Å². The minimum atomic E-state index is -0.475. The third kappa shape index (κ3) is 4.30. The van der Waals surface area contributed by atoms with Crippen LogP contribution in [0.4, 0.5) is 0 Å². The minimum Gasteiger partial charge on any atom is -0.506 e. The van der Waals surface area contributed by atoms with E-state index in [1.165, 1.54) is 17.0 Å². The Labute approximate surface area is 170 Å². The minimum absolute atomic E-state index is 0.166. The maximum Gasteiger partial charge on any atom is 0.268 e. The van der Waals surface area contributed by atoms with Crippen molar-refractivity contribution in [3.8, 4) is 6.07 Å². The van der Waals surface area contributed by atoms with Gasteiger partial charge < -0.3 is 14.9 Å². The monoisotopic (exact) mass is 389 g/mol. The molecule has 0 bridgehead atoms. The first-order valence-electron chi connectivity index (χ1n) is 9.42. The number of carbonyl (C=O) groups is 2. The van der Waals surface area contributed by atoms with Gasteiger partial charge in [-0.2, -0.15) is 5.26 Å². The van der Waals surface area contributed by atoms with Crippen LogP contribution in [-0.2, 0) is 4.79 Å². The van der Waals surface area contributed by atoms with Gasteiger partial charge in [0, 0.05) is 44.2 Å². The second kappa shape index (κ2) is 8.61. The Morgan fingerprint density at radius 2 is 1.69 bits per heavy atom. The van der Waals surface area contributed by atoms with Crippen molar-refractivity contribution in [3.63, 3.8) is 0 Å². The smallest absolute Gasteiger partial charge is 0.268 e. The molecule has 1 unspecified atom stereocenters. The molecule has 1 saturated heterocycles. The molecular formula is C23H23N3O3. The number of likely N-dealkylation sites (tertiary alicyclic amines) is 1. The molecule has 1 aliphatic rings. The zero-order chi connectivity index (χ0) is 21.0. The SMILES string of the molecule is CN(C)C(=O)c1ccc(/C(O)=C(/C#N)C(=O)N2CCC(c3ccccc3)C2)cc1. The molecule has 6 heteroatoms. The first kappa shape index (κ1) is 20.2. The Morgan fingerprint density at radius 3 is 2.28 bits per heavy atom. The van der Waals surface area contributed by atoms with E-state index in [1.807, 2.05) is 36.4 Å². The van der Waals surface area contributed by atoms with E-state index in [0.29, 0.717) is 24.2 Å². The van der Waals surface area contributed by atoms with Crippen molar-refractivity contribution < 1.29 is 14.7 Å². The van der Waals surface area contributed by atoms with Gasteiger partial charge in [0.25, 0.3) is 11.8 Å². The molecule has 1 atom stereocenters. The van der Waals surface area contributed by atoms with Crippen molar-refractivity contribution in [2.24, 2.45) is 0 Å². The third-order valence-corrected chi connectivity index (χ3v) is 5.12. The van der Waals surface area contributed by atoms with E-state index in [2.05, 4.69) is 0 Å². The Morgan fingerprint density at radius 1 is 1.07 bits per heavy atom. The fraction of sp³-hybridized carbons (Fsp3) is 0.261. The van der Waals surface area contributed by atoms with Crippen molar-refractivity contribution in [1.82, 2.24) is 9.80 Å². The summed E-state index contributed by atoms with van der Waals surface area (Å²) in [5.41, 5.74) is 1.66. The van der Waals surface area contributed by atoms with Gasteiger partial charge in [0.2, 0.25) is 0 Å². The quantitative estimate of drug-likeness (QED) is 0.494. The Balaban J connectivity index is 1.79. The van der Waals surface area contributed by atoms with Gasteiger partial charge in [-0.1, -0.05) is 42.5 Å². The van der Waals surface area contributed by atoms with Crippen LogP contribution in [0.3, 0.4) is 0 Å². The van der Waals surface area contributed by atoms with Crippen LogP contribution < -0.4 is 0 Å². The topological polar surface area (TPSA) is 84.6 Å². The molecule has 1 heterocycles. The van der Waals surface area contributed by atoms with Crippen LogP contribution in [-0.4, -0.2) is 53.9 Å².